The first-order valence-corrected chi connectivity index (χ1v) is 12.4. The molecule has 0 aliphatic carbocycles. The third-order valence-corrected chi connectivity index (χ3v) is 6.74. The van der Waals surface area contributed by atoms with Crippen LogP contribution < -0.4 is 4.74 Å². The molecule has 2 atom stereocenters. The zero-order chi connectivity index (χ0) is 21.9. The standard InChI is InChI=1S/C28H41NO2.ClH/c1-3-5-6-11-20-28(30,25-16-18-26(19-17-25)31-4-2)27(24-14-9-7-10-15-24)23-29-21-12-8-13-22-29;/h7,9-10,14-19,27,30H,3-6,8,11-13,20-23H2,1-2H3;1H. The molecule has 2 aromatic carbocycles. The third-order valence-electron chi connectivity index (χ3n) is 6.74. The zero-order valence-corrected chi connectivity index (χ0v) is 20.8. The van der Waals surface area contributed by atoms with Gasteiger partial charge in [0.1, 0.15) is 5.75 Å². The maximum absolute atomic E-state index is 12.4. The number of nitrogens with zero attached hydrogens (tertiary/aromatic N) is 1. The summed E-state index contributed by atoms with van der Waals surface area (Å²) in [6.07, 6.45) is 9.28. The first-order valence-electron chi connectivity index (χ1n) is 12.4. The summed E-state index contributed by atoms with van der Waals surface area (Å²) in [7, 11) is 0. The summed E-state index contributed by atoms with van der Waals surface area (Å²) in [6, 6.07) is 18.9. The number of halogens is 1. The molecule has 0 saturated carbocycles. The minimum Gasteiger partial charge on any atom is -0.494 e. The second kappa shape index (κ2) is 13.9. The first kappa shape index (κ1) is 26.7. The summed E-state index contributed by atoms with van der Waals surface area (Å²) in [5.41, 5.74) is 1.36. The van der Waals surface area contributed by atoms with Gasteiger partial charge < -0.3 is 14.7 Å². The lowest BCUT2D eigenvalue weighted by molar-refractivity contribution is -0.0167. The molecule has 0 amide bonds. The van der Waals surface area contributed by atoms with E-state index in [4.69, 9.17) is 4.74 Å². The number of aliphatic hydroxyl groups is 1. The van der Waals surface area contributed by atoms with Crippen molar-refractivity contribution in [1.82, 2.24) is 4.90 Å². The maximum atomic E-state index is 12.4. The van der Waals surface area contributed by atoms with Crippen molar-refractivity contribution in [3.63, 3.8) is 0 Å². The van der Waals surface area contributed by atoms with Crippen molar-refractivity contribution in [2.24, 2.45) is 0 Å². The Morgan fingerprint density at radius 2 is 1.59 bits per heavy atom. The summed E-state index contributed by atoms with van der Waals surface area (Å²) in [4.78, 5) is 2.56. The van der Waals surface area contributed by atoms with Crippen molar-refractivity contribution < 1.29 is 9.84 Å². The minimum atomic E-state index is -0.892. The summed E-state index contributed by atoms with van der Waals surface area (Å²) in [6.45, 7) is 8.07. The highest BCUT2D eigenvalue weighted by Crippen LogP contribution is 2.42. The summed E-state index contributed by atoms with van der Waals surface area (Å²) >= 11 is 0. The Bertz CT molecular complexity index is 746. The third kappa shape index (κ3) is 7.23. The van der Waals surface area contributed by atoms with Gasteiger partial charge in [-0.15, -0.1) is 12.4 Å². The summed E-state index contributed by atoms with van der Waals surface area (Å²) in [5, 5.41) is 12.4. The lowest BCUT2D eigenvalue weighted by atomic mass is 9.73. The topological polar surface area (TPSA) is 32.7 Å². The predicted molar refractivity (Wildman–Crippen MR) is 137 cm³/mol. The van der Waals surface area contributed by atoms with Gasteiger partial charge in [0.2, 0.25) is 0 Å². The Kier molecular flexibility index (Phi) is 11.6. The van der Waals surface area contributed by atoms with E-state index in [-0.39, 0.29) is 18.3 Å². The highest BCUT2D eigenvalue weighted by Gasteiger charge is 2.40. The van der Waals surface area contributed by atoms with Gasteiger partial charge in [0, 0.05) is 12.5 Å². The monoisotopic (exact) mass is 459 g/mol. The van der Waals surface area contributed by atoms with E-state index in [0.29, 0.717) is 6.61 Å². The molecular formula is C28H42ClNO2. The van der Waals surface area contributed by atoms with Crippen molar-refractivity contribution in [2.45, 2.75) is 76.7 Å². The Balaban J connectivity index is 0.00000363. The molecule has 1 aliphatic heterocycles. The molecule has 2 aromatic rings. The van der Waals surface area contributed by atoms with Crippen LogP contribution in [0.25, 0.3) is 0 Å². The van der Waals surface area contributed by atoms with Crippen molar-refractivity contribution in [2.75, 3.05) is 26.2 Å². The number of likely N-dealkylation sites (tertiary alicyclic amines) is 1. The molecule has 2 unspecified atom stereocenters. The van der Waals surface area contributed by atoms with Gasteiger partial charge in [0.05, 0.1) is 12.2 Å². The predicted octanol–water partition coefficient (Wildman–Crippen LogP) is 6.93. The quantitative estimate of drug-likeness (QED) is 0.349. The van der Waals surface area contributed by atoms with Gasteiger partial charge >= 0.3 is 0 Å². The average Bonchev–Trinajstić information content (AvgIpc) is 2.82. The van der Waals surface area contributed by atoms with Crippen molar-refractivity contribution in [3.05, 3.63) is 65.7 Å². The van der Waals surface area contributed by atoms with E-state index < -0.39 is 5.60 Å². The highest BCUT2D eigenvalue weighted by atomic mass is 35.5. The van der Waals surface area contributed by atoms with Gasteiger partial charge in [-0.25, -0.2) is 0 Å². The molecule has 1 heterocycles. The van der Waals surface area contributed by atoms with E-state index in [9.17, 15) is 5.11 Å². The van der Waals surface area contributed by atoms with Gasteiger partial charge in [-0.05, 0) is 62.5 Å². The second-order valence-electron chi connectivity index (χ2n) is 9.02. The van der Waals surface area contributed by atoms with E-state index >= 15 is 0 Å². The molecule has 0 spiro atoms. The fourth-order valence-corrected chi connectivity index (χ4v) is 4.97. The number of piperidine rings is 1. The Morgan fingerprint density at radius 3 is 2.22 bits per heavy atom. The molecule has 0 radical (unpaired) electrons. The summed E-state index contributed by atoms with van der Waals surface area (Å²) in [5.74, 6) is 0.915. The lowest BCUT2D eigenvalue weighted by Gasteiger charge is -2.41. The van der Waals surface area contributed by atoms with Crippen LogP contribution in [0.5, 0.6) is 5.75 Å². The number of benzene rings is 2. The Labute approximate surface area is 201 Å². The molecule has 4 heteroatoms. The normalized spacial score (nSPS) is 17.2. The van der Waals surface area contributed by atoms with E-state index in [0.717, 1.165) is 43.8 Å². The number of hydrogen-bond donors (Lipinski definition) is 1. The van der Waals surface area contributed by atoms with Crippen LogP contribution in [0.1, 0.15) is 82.3 Å². The number of ether oxygens (including phenoxy) is 1. The zero-order valence-electron chi connectivity index (χ0n) is 20.0. The van der Waals surface area contributed by atoms with Gasteiger partial charge in [-0.1, -0.05) is 81.5 Å². The maximum Gasteiger partial charge on any atom is 0.119 e. The first-order chi connectivity index (χ1) is 15.2. The largest absolute Gasteiger partial charge is 0.494 e. The number of hydrogen-bond acceptors (Lipinski definition) is 3. The van der Waals surface area contributed by atoms with Crippen LogP contribution in [0, 0.1) is 0 Å². The Hall–Kier alpha value is -1.55. The van der Waals surface area contributed by atoms with Gasteiger partial charge in [-0.2, -0.15) is 0 Å². The van der Waals surface area contributed by atoms with Crippen LogP contribution in [-0.4, -0.2) is 36.2 Å². The van der Waals surface area contributed by atoms with E-state index in [1.54, 1.807) is 0 Å². The molecule has 1 fully saturated rings. The molecule has 3 rings (SSSR count). The smallest absolute Gasteiger partial charge is 0.119 e. The van der Waals surface area contributed by atoms with Crippen molar-refractivity contribution in [3.8, 4) is 5.75 Å². The van der Waals surface area contributed by atoms with Gasteiger partial charge in [0.25, 0.3) is 0 Å². The number of rotatable bonds is 12. The molecule has 0 bridgehead atoms. The summed E-state index contributed by atoms with van der Waals surface area (Å²) < 4.78 is 5.66. The van der Waals surface area contributed by atoms with E-state index in [1.165, 1.54) is 44.1 Å². The fraction of sp³-hybridized carbons (Fsp3) is 0.571. The van der Waals surface area contributed by atoms with Crippen molar-refractivity contribution >= 4 is 12.4 Å². The van der Waals surface area contributed by atoms with Crippen LogP contribution in [0.3, 0.4) is 0 Å². The van der Waals surface area contributed by atoms with Crippen LogP contribution in [0.15, 0.2) is 54.6 Å². The van der Waals surface area contributed by atoms with Crippen LogP contribution in [0.4, 0.5) is 0 Å². The second-order valence-corrected chi connectivity index (χ2v) is 9.02. The molecule has 0 aromatic heterocycles. The molecule has 1 saturated heterocycles. The molecule has 3 nitrogen and oxygen atoms in total. The minimum absolute atomic E-state index is 0. The SMILES string of the molecule is CCCCCCC(O)(c1ccc(OCC)cc1)C(CN1CCCCC1)c1ccccc1.Cl. The molecule has 32 heavy (non-hydrogen) atoms. The van der Waals surface area contributed by atoms with Crippen LogP contribution >= 0.6 is 12.4 Å². The van der Waals surface area contributed by atoms with Gasteiger partial charge in [-0.3, -0.25) is 0 Å². The molecule has 1 aliphatic rings. The van der Waals surface area contributed by atoms with Crippen molar-refractivity contribution in [1.29, 1.82) is 0 Å². The fourth-order valence-electron chi connectivity index (χ4n) is 4.97. The highest BCUT2D eigenvalue weighted by molar-refractivity contribution is 5.85. The van der Waals surface area contributed by atoms with Crippen LogP contribution in [0.2, 0.25) is 0 Å². The van der Waals surface area contributed by atoms with Gasteiger partial charge in [0.15, 0.2) is 0 Å². The van der Waals surface area contributed by atoms with Crippen LogP contribution in [-0.2, 0) is 5.60 Å². The molecule has 1 N–H and O–H groups in total. The van der Waals surface area contributed by atoms with E-state index in [2.05, 4.69) is 54.3 Å². The number of unbranched alkanes of at least 4 members (excludes halogenated alkanes) is 3. The average molecular weight is 460 g/mol. The molecule has 178 valence electrons. The molecular weight excluding hydrogens is 418 g/mol. The lowest BCUT2D eigenvalue weighted by Crippen LogP contribution is -2.42. The Morgan fingerprint density at radius 1 is 0.906 bits per heavy atom. The van der Waals surface area contributed by atoms with E-state index in [1.807, 2.05) is 19.1 Å².